The minimum atomic E-state index is -3.53. The van der Waals surface area contributed by atoms with E-state index < -0.39 is 28.3 Å². The highest BCUT2D eigenvalue weighted by Crippen LogP contribution is 2.15. The smallest absolute Gasteiger partial charge is 0.407 e. The fourth-order valence-corrected chi connectivity index (χ4v) is 5.05. The van der Waals surface area contributed by atoms with Gasteiger partial charge in [-0.05, 0) is 29.9 Å². The van der Waals surface area contributed by atoms with Crippen LogP contribution in [0, 0.1) is 5.92 Å². The fourth-order valence-electron chi connectivity index (χ4n) is 3.51. The number of carbonyl (C=O) groups is 1. The summed E-state index contributed by atoms with van der Waals surface area (Å²) in [6.45, 7) is 6.35. The van der Waals surface area contributed by atoms with Crippen molar-refractivity contribution >= 4 is 16.1 Å². The Morgan fingerprint density at radius 1 is 1.03 bits per heavy atom. The van der Waals surface area contributed by atoms with Crippen molar-refractivity contribution in [1.82, 2.24) is 9.62 Å². The quantitative estimate of drug-likeness (QED) is 0.418. The maximum absolute atomic E-state index is 12.8. The van der Waals surface area contributed by atoms with E-state index in [2.05, 4.69) is 5.32 Å². The van der Waals surface area contributed by atoms with Crippen LogP contribution in [0.1, 0.15) is 44.7 Å². The second-order valence-corrected chi connectivity index (χ2v) is 11.0. The molecule has 1 unspecified atom stereocenters. The monoisotopic (exact) mass is 490 g/mol. The Labute approximate surface area is 204 Å². The van der Waals surface area contributed by atoms with E-state index in [0.717, 1.165) is 11.1 Å². The summed E-state index contributed by atoms with van der Waals surface area (Å²) in [6.07, 6.45) is -1.31. The third-order valence-corrected chi connectivity index (χ3v) is 7.49. The first-order valence-corrected chi connectivity index (χ1v) is 13.5. The van der Waals surface area contributed by atoms with E-state index in [-0.39, 0.29) is 18.7 Å². The first kappa shape index (κ1) is 27.8. The fraction of sp³-hybridized carbons (Fsp3) is 0.500. The molecule has 0 saturated heterocycles. The maximum Gasteiger partial charge on any atom is 0.407 e. The summed E-state index contributed by atoms with van der Waals surface area (Å²) in [5.74, 6) is 0.330. The molecule has 2 N–H and O–H groups in total. The van der Waals surface area contributed by atoms with Crippen molar-refractivity contribution in [2.75, 3.05) is 18.8 Å². The zero-order valence-electron chi connectivity index (χ0n) is 20.4. The predicted octanol–water partition coefficient (Wildman–Crippen LogP) is 3.97. The molecule has 7 nitrogen and oxygen atoms in total. The highest BCUT2D eigenvalue weighted by Gasteiger charge is 2.30. The van der Waals surface area contributed by atoms with Crippen LogP contribution in [0.15, 0.2) is 60.7 Å². The minimum Gasteiger partial charge on any atom is -0.443 e. The largest absolute Gasteiger partial charge is 0.443 e. The Balaban J connectivity index is 2.13. The van der Waals surface area contributed by atoms with Crippen LogP contribution < -0.4 is 5.32 Å². The molecule has 0 bridgehead atoms. The molecule has 0 aliphatic heterocycles. The third-order valence-electron chi connectivity index (χ3n) is 5.45. The predicted molar refractivity (Wildman–Crippen MR) is 135 cm³/mol. The van der Waals surface area contributed by atoms with Gasteiger partial charge in [0.25, 0.3) is 0 Å². The van der Waals surface area contributed by atoms with E-state index >= 15 is 0 Å². The van der Waals surface area contributed by atoms with E-state index in [1.54, 1.807) is 0 Å². The van der Waals surface area contributed by atoms with E-state index in [1.807, 2.05) is 81.4 Å². The summed E-state index contributed by atoms with van der Waals surface area (Å²) in [5.41, 5.74) is 1.80. The van der Waals surface area contributed by atoms with Gasteiger partial charge in [0.2, 0.25) is 10.0 Å². The molecule has 0 heterocycles. The summed E-state index contributed by atoms with van der Waals surface area (Å²) in [4.78, 5) is 12.5. The van der Waals surface area contributed by atoms with E-state index in [4.69, 9.17) is 4.74 Å². The van der Waals surface area contributed by atoms with Crippen LogP contribution in [0.25, 0.3) is 0 Å². The highest BCUT2D eigenvalue weighted by atomic mass is 32.2. The molecule has 2 atom stereocenters. The van der Waals surface area contributed by atoms with Gasteiger partial charge in [-0.25, -0.2) is 13.2 Å². The van der Waals surface area contributed by atoms with Crippen LogP contribution in [0.3, 0.4) is 0 Å². The van der Waals surface area contributed by atoms with Crippen LogP contribution >= 0.6 is 0 Å². The molecule has 188 valence electrons. The Kier molecular flexibility index (Phi) is 11.5. The molecule has 0 fully saturated rings. The van der Waals surface area contributed by atoms with Gasteiger partial charge in [0, 0.05) is 26.1 Å². The Morgan fingerprint density at radius 2 is 1.62 bits per heavy atom. The van der Waals surface area contributed by atoms with E-state index in [9.17, 15) is 18.3 Å². The number of nitrogens with zero attached hydrogens (tertiary/aromatic N) is 1. The minimum absolute atomic E-state index is 0.0135. The van der Waals surface area contributed by atoms with Crippen LogP contribution in [-0.4, -0.2) is 55.0 Å². The van der Waals surface area contributed by atoms with Crippen molar-refractivity contribution in [1.29, 1.82) is 0 Å². The normalized spacial score (nSPS) is 13.6. The third kappa shape index (κ3) is 9.83. The van der Waals surface area contributed by atoms with Gasteiger partial charge in [-0.2, -0.15) is 4.31 Å². The zero-order chi connectivity index (χ0) is 25.0. The molecule has 0 aliphatic rings. The lowest BCUT2D eigenvalue weighted by atomic mass is 10.0. The Morgan fingerprint density at radius 3 is 2.18 bits per heavy atom. The van der Waals surface area contributed by atoms with Gasteiger partial charge in [0.1, 0.15) is 12.2 Å². The lowest BCUT2D eigenvalue weighted by molar-refractivity contribution is -0.00481. The Bertz CT molecular complexity index is 952. The van der Waals surface area contributed by atoms with Crippen molar-refractivity contribution in [3.63, 3.8) is 0 Å². The molecule has 1 amide bonds. The second-order valence-electron chi connectivity index (χ2n) is 8.90. The van der Waals surface area contributed by atoms with Crippen molar-refractivity contribution < 1.29 is 23.1 Å². The summed E-state index contributed by atoms with van der Waals surface area (Å²) in [5, 5.41) is 13.8. The molecule has 34 heavy (non-hydrogen) atoms. The molecular weight excluding hydrogens is 452 g/mol. The summed E-state index contributed by atoms with van der Waals surface area (Å²) in [6, 6.07) is 18.8. The van der Waals surface area contributed by atoms with Gasteiger partial charge in [-0.1, -0.05) is 81.4 Å². The van der Waals surface area contributed by atoms with Gasteiger partial charge in [-0.15, -0.1) is 0 Å². The van der Waals surface area contributed by atoms with Crippen LogP contribution in [0.2, 0.25) is 0 Å². The molecule has 8 heteroatoms. The van der Waals surface area contributed by atoms with Gasteiger partial charge < -0.3 is 15.2 Å². The number of alkyl carbamates (subject to hydrolysis) is 1. The summed E-state index contributed by atoms with van der Waals surface area (Å²) < 4.78 is 32.6. The highest BCUT2D eigenvalue weighted by molar-refractivity contribution is 7.89. The number of hydrogen-bond acceptors (Lipinski definition) is 5. The number of carbonyl (C=O) groups excluding carboxylic acids is 1. The van der Waals surface area contributed by atoms with E-state index in [0.29, 0.717) is 31.8 Å². The molecule has 2 aromatic rings. The molecule has 0 radical (unpaired) electrons. The molecule has 0 spiro atoms. The number of aliphatic hydroxyl groups excluding tert-OH is 1. The van der Waals surface area contributed by atoms with Crippen molar-refractivity contribution in [2.45, 2.75) is 58.8 Å². The number of sulfonamides is 1. The summed E-state index contributed by atoms with van der Waals surface area (Å²) in [7, 11) is -3.53. The standard InChI is InChI=1S/C26H38N2O5S/c1-4-17-34(31,32)28(16-15-21(2)3)20-24(29)25(18-22-11-7-5-8-12-22)33-26(30)27-19-23-13-9-6-10-14-23/h5-14,21,24-25,29H,4,15-20H2,1-3H3,(H,27,30)/t24-,25?/m1/s1. The first-order chi connectivity index (χ1) is 16.2. The number of rotatable bonds is 14. The van der Waals surface area contributed by atoms with Crippen molar-refractivity contribution in [3.05, 3.63) is 71.8 Å². The first-order valence-electron chi connectivity index (χ1n) is 11.9. The molecular formula is C26H38N2O5S. The van der Waals surface area contributed by atoms with Gasteiger partial charge in [0.05, 0.1) is 5.75 Å². The topological polar surface area (TPSA) is 95.9 Å². The number of amides is 1. The molecule has 2 aromatic carbocycles. The molecule has 0 aliphatic carbocycles. The van der Waals surface area contributed by atoms with Crippen LogP contribution in [0.4, 0.5) is 4.79 Å². The molecule has 0 aromatic heterocycles. The Hall–Kier alpha value is -2.42. The number of nitrogens with one attached hydrogen (secondary N) is 1. The van der Waals surface area contributed by atoms with Gasteiger partial charge >= 0.3 is 6.09 Å². The SMILES string of the molecule is CCCS(=O)(=O)N(CCC(C)C)C[C@@H](O)C(Cc1ccccc1)OC(=O)NCc1ccccc1. The zero-order valence-corrected chi connectivity index (χ0v) is 21.2. The number of hydrogen-bond donors (Lipinski definition) is 2. The van der Waals surface area contributed by atoms with E-state index in [1.165, 1.54) is 4.31 Å². The maximum atomic E-state index is 12.8. The average Bonchev–Trinajstić information content (AvgIpc) is 2.81. The van der Waals surface area contributed by atoms with Gasteiger partial charge in [0.15, 0.2) is 0 Å². The number of ether oxygens (including phenoxy) is 1. The average molecular weight is 491 g/mol. The number of aliphatic hydroxyl groups is 1. The molecule has 0 saturated carbocycles. The van der Waals surface area contributed by atoms with Crippen LogP contribution in [0.5, 0.6) is 0 Å². The molecule has 2 rings (SSSR count). The number of benzene rings is 2. The van der Waals surface area contributed by atoms with Crippen LogP contribution in [-0.2, 0) is 27.7 Å². The van der Waals surface area contributed by atoms with Gasteiger partial charge in [-0.3, -0.25) is 0 Å². The summed E-state index contributed by atoms with van der Waals surface area (Å²) >= 11 is 0. The van der Waals surface area contributed by atoms with Crippen molar-refractivity contribution in [2.24, 2.45) is 5.92 Å². The second kappa shape index (κ2) is 14.1. The lowest BCUT2D eigenvalue weighted by Gasteiger charge is -2.29. The van der Waals surface area contributed by atoms with Crippen molar-refractivity contribution in [3.8, 4) is 0 Å². The lowest BCUT2D eigenvalue weighted by Crippen LogP contribution is -2.46.